The number of rotatable bonds is 2. The average Bonchev–Trinajstić information content (AvgIpc) is 2.18. The van der Waals surface area contributed by atoms with E-state index in [2.05, 4.69) is 0 Å². The van der Waals surface area contributed by atoms with Gasteiger partial charge in [-0.2, -0.15) is 0 Å². The van der Waals surface area contributed by atoms with Crippen LogP contribution in [-0.2, 0) is 9.53 Å². The molecule has 0 saturated carbocycles. The van der Waals surface area contributed by atoms with E-state index in [9.17, 15) is 9.59 Å². The Morgan fingerprint density at radius 1 is 1.50 bits per heavy atom. The van der Waals surface area contributed by atoms with E-state index in [1.54, 1.807) is 6.92 Å². The van der Waals surface area contributed by atoms with E-state index >= 15 is 0 Å². The van der Waals surface area contributed by atoms with Crippen molar-refractivity contribution in [2.24, 2.45) is 0 Å². The second-order valence-corrected chi connectivity index (χ2v) is 3.24. The molecule has 1 rings (SSSR count). The molecule has 5 heteroatoms. The van der Waals surface area contributed by atoms with Crippen LogP contribution in [0, 0.1) is 0 Å². The van der Waals surface area contributed by atoms with E-state index < -0.39 is 18.1 Å². The van der Waals surface area contributed by atoms with Crippen LogP contribution in [0.5, 0.6) is 0 Å². The first-order valence-corrected chi connectivity index (χ1v) is 4.83. The summed E-state index contributed by atoms with van der Waals surface area (Å²) in [5.74, 6) is -0.947. The van der Waals surface area contributed by atoms with Gasteiger partial charge in [0.15, 0.2) is 0 Å². The highest BCUT2D eigenvalue weighted by Crippen LogP contribution is 2.17. The van der Waals surface area contributed by atoms with E-state index in [0.717, 1.165) is 12.8 Å². The zero-order valence-electron chi connectivity index (χ0n) is 8.23. The van der Waals surface area contributed by atoms with Crippen LogP contribution in [0.1, 0.15) is 26.2 Å². The molecule has 0 unspecified atom stereocenters. The first-order chi connectivity index (χ1) is 6.66. The van der Waals surface area contributed by atoms with Gasteiger partial charge in [-0.3, -0.25) is 4.90 Å². The molecule has 0 aliphatic carbocycles. The molecule has 14 heavy (non-hydrogen) atoms. The predicted molar refractivity (Wildman–Crippen MR) is 49.0 cm³/mol. The zero-order valence-corrected chi connectivity index (χ0v) is 8.23. The summed E-state index contributed by atoms with van der Waals surface area (Å²) in [4.78, 5) is 23.5. The number of carboxylic acids is 1. The number of nitrogens with zero attached hydrogens (tertiary/aromatic N) is 1. The van der Waals surface area contributed by atoms with Crippen LogP contribution in [0.3, 0.4) is 0 Å². The molecule has 1 saturated heterocycles. The monoisotopic (exact) mass is 201 g/mol. The predicted octanol–water partition coefficient (Wildman–Crippen LogP) is 1.08. The molecule has 0 aromatic carbocycles. The minimum Gasteiger partial charge on any atom is -0.480 e. The molecule has 0 aromatic rings. The molecule has 0 radical (unpaired) electrons. The van der Waals surface area contributed by atoms with Crippen LogP contribution < -0.4 is 0 Å². The lowest BCUT2D eigenvalue weighted by Crippen LogP contribution is -2.48. The van der Waals surface area contributed by atoms with E-state index in [4.69, 9.17) is 9.84 Å². The second-order valence-electron chi connectivity index (χ2n) is 3.24. The highest BCUT2D eigenvalue weighted by Gasteiger charge is 2.32. The summed E-state index contributed by atoms with van der Waals surface area (Å²) in [6.45, 7) is 2.47. The molecular formula is C9H15NO4. The Morgan fingerprint density at radius 3 is 2.79 bits per heavy atom. The Kier molecular flexibility index (Phi) is 3.73. The van der Waals surface area contributed by atoms with Crippen LogP contribution >= 0.6 is 0 Å². The first-order valence-electron chi connectivity index (χ1n) is 4.83. The van der Waals surface area contributed by atoms with Gasteiger partial charge < -0.3 is 9.84 Å². The van der Waals surface area contributed by atoms with E-state index in [1.165, 1.54) is 4.90 Å². The SMILES string of the molecule is CCOC(=O)N1CCCC[C@H]1C(=O)O. The molecule has 1 N–H and O–H groups in total. The van der Waals surface area contributed by atoms with Gasteiger partial charge >= 0.3 is 12.1 Å². The highest BCUT2D eigenvalue weighted by molar-refractivity contribution is 5.80. The molecule has 1 heterocycles. The number of carboxylic acid groups (broad SMARTS) is 1. The summed E-state index contributed by atoms with van der Waals surface area (Å²) in [7, 11) is 0. The summed E-state index contributed by atoms with van der Waals surface area (Å²) in [6, 6.07) is -0.706. The van der Waals surface area contributed by atoms with Crippen molar-refractivity contribution in [2.45, 2.75) is 32.2 Å². The summed E-state index contributed by atoms with van der Waals surface area (Å²) >= 11 is 0. The van der Waals surface area contributed by atoms with E-state index in [-0.39, 0.29) is 6.61 Å². The van der Waals surface area contributed by atoms with Crippen molar-refractivity contribution < 1.29 is 19.4 Å². The number of likely N-dealkylation sites (tertiary alicyclic amines) is 1. The van der Waals surface area contributed by atoms with Crippen molar-refractivity contribution in [3.8, 4) is 0 Å². The first kappa shape index (κ1) is 10.8. The van der Waals surface area contributed by atoms with Crippen molar-refractivity contribution in [3.63, 3.8) is 0 Å². The number of piperidine rings is 1. The third kappa shape index (κ3) is 2.37. The quantitative estimate of drug-likeness (QED) is 0.726. The summed E-state index contributed by atoms with van der Waals surface area (Å²) < 4.78 is 4.79. The Morgan fingerprint density at radius 2 is 2.21 bits per heavy atom. The standard InChI is InChI=1S/C9H15NO4/c1-2-14-9(13)10-6-4-3-5-7(10)8(11)12/h7H,2-6H2,1H3,(H,11,12)/t7-/m0/s1. The van der Waals surface area contributed by atoms with Gasteiger partial charge in [0, 0.05) is 6.54 Å². The molecule has 1 fully saturated rings. The lowest BCUT2D eigenvalue weighted by atomic mass is 10.0. The van der Waals surface area contributed by atoms with Crippen LogP contribution in [-0.4, -0.2) is 41.3 Å². The van der Waals surface area contributed by atoms with Gasteiger partial charge in [0.25, 0.3) is 0 Å². The minimum absolute atomic E-state index is 0.279. The van der Waals surface area contributed by atoms with E-state index in [0.29, 0.717) is 13.0 Å². The van der Waals surface area contributed by atoms with Crippen molar-refractivity contribution in [2.75, 3.05) is 13.2 Å². The van der Waals surface area contributed by atoms with Crippen LogP contribution in [0.15, 0.2) is 0 Å². The summed E-state index contributed by atoms with van der Waals surface area (Å²) in [5.41, 5.74) is 0. The van der Waals surface area contributed by atoms with Gasteiger partial charge in [0.1, 0.15) is 6.04 Å². The molecule has 1 amide bonds. The Labute approximate surface area is 82.6 Å². The number of hydrogen-bond acceptors (Lipinski definition) is 3. The van der Waals surface area contributed by atoms with Crippen molar-refractivity contribution in [1.82, 2.24) is 4.90 Å². The molecule has 80 valence electrons. The number of carbonyl (C=O) groups is 2. The molecular weight excluding hydrogens is 186 g/mol. The normalized spacial score (nSPS) is 21.8. The fourth-order valence-corrected chi connectivity index (χ4v) is 1.61. The fraction of sp³-hybridized carbons (Fsp3) is 0.778. The van der Waals surface area contributed by atoms with Gasteiger partial charge in [-0.05, 0) is 26.2 Å². The van der Waals surface area contributed by atoms with Crippen LogP contribution in [0.4, 0.5) is 4.79 Å². The molecule has 1 aliphatic heterocycles. The maximum absolute atomic E-state index is 11.4. The molecule has 0 aromatic heterocycles. The maximum atomic E-state index is 11.4. The minimum atomic E-state index is -0.947. The summed E-state index contributed by atoms with van der Waals surface area (Å²) in [6.07, 6.45) is 1.71. The smallest absolute Gasteiger partial charge is 0.410 e. The zero-order chi connectivity index (χ0) is 10.6. The van der Waals surface area contributed by atoms with Gasteiger partial charge in [0.2, 0.25) is 0 Å². The number of ether oxygens (including phenoxy) is 1. The van der Waals surface area contributed by atoms with Gasteiger partial charge in [0.05, 0.1) is 6.61 Å². The van der Waals surface area contributed by atoms with Gasteiger partial charge in [-0.25, -0.2) is 9.59 Å². The fourth-order valence-electron chi connectivity index (χ4n) is 1.61. The second kappa shape index (κ2) is 4.83. The van der Waals surface area contributed by atoms with Crippen LogP contribution in [0.2, 0.25) is 0 Å². The number of aliphatic carboxylic acids is 1. The largest absolute Gasteiger partial charge is 0.480 e. The number of amides is 1. The molecule has 0 spiro atoms. The number of hydrogen-bond donors (Lipinski definition) is 1. The number of carbonyl (C=O) groups excluding carboxylic acids is 1. The third-order valence-corrected chi connectivity index (χ3v) is 2.29. The van der Waals surface area contributed by atoms with Gasteiger partial charge in [-0.1, -0.05) is 0 Å². The lowest BCUT2D eigenvalue weighted by molar-refractivity contribution is -0.143. The van der Waals surface area contributed by atoms with Crippen molar-refractivity contribution in [1.29, 1.82) is 0 Å². The van der Waals surface area contributed by atoms with Crippen molar-refractivity contribution >= 4 is 12.1 Å². The Balaban J connectivity index is 2.62. The lowest BCUT2D eigenvalue weighted by Gasteiger charge is -2.31. The molecule has 1 atom stereocenters. The Hall–Kier alpha value is -1.26. The maximum Gasteiger partial charge on any atom is 0.410 e. The highest BCUT2D eigenvalue weighted by atomic mass is 16.6. The van der Waals surface area contributed by atoms with Crippen LogP contribution in [0.25, 0.3) is 0 Å². The molecule has 0 bridgehead atoms. The summed E-state index contributed by atoms with van der Waals surface area (Å²) in [5, 5.41) is 8.88. The molecule has 1 aliphatic rings. The average molecular weight is 201 g/mol. The molecule has 5 nitrogen and oxygen atoms in total. The van der Waals surface area contributed by atoms with Crippen molar-refractivity contribution in [3.05, 3.63) is 0 Å². The Bertz CT molecular complexity index is 229. The van der Waals surface area contributed by atoms with E-state index in [1.807, 2.05) is 0 Å². The topological polar surface area (TPSA) is 66.8 Å². The third-order valence-electron chi connectivity index (χ3n) is 2.29. The van der Waals surface area contributed by atoms with Gasteiger partial charge in [-0.15, -0.1) is 0 Å².